The molecular weight excluding hydrogens is 258 g/mol. The quantitative estimate of drug-likeness (QED) is 0.745. The lowest BCUT2D eigenvalue weighted by atomic mass is 10.1. The van der Waals surface area contributed by atoms with Crippen LogP contribution in [0.5, 0.6) is 0 Å². The molecule has 2 aromatic rings. The summed E-state index contributed by atoms with van der Waals surface area (Å²) in [5, 5.41) is 0.784. The summed E-state index contributed by atoms with van der Waals surface area (Å²) in [5.41, 5.74) is 1.29. The fraction of sp³-hybridized carbons (Fsp3) is 0.0909. The Balaban J connectivity index is 2.80. The molecule has 2 rings (SSSR count). The van der Waals surface area contributed by atoms with E-state index in [1.807, 2.05) is 6.07 Å². The number of halogens is 1. The number of benzene rings is 1. The monoisotopic (exact) mass is 265 g/mol. The molecule has 1 aromatic heterocycles. The molecule has 0 bridgehead atoms. The van der Waals surface area contributed by atoms with Crippen molar-refractivity contribution in [1.29, 1.82) is 0 Å². The molecule has 1 aromatic carbocycles. The van der Waals surface area contributed by atoms with Gasteiger partial charge in [0.2, 0.25) is 0 Å². The fourth-order valence-corrected chi connectivity index (χ4v) is 1.98. The molecular formula is C11H8BrNO2. The highest BCUT2D eigenvalue weighted by molar-refractivity contribution is 9.10. The van der Waals surface area contributed by atoms with Crippen molar-refractivity contribution in [3.8, 4) is 0 Å². The number of methoxy groups -OCH3 is 1. The number of pyridine rings is 1. The topological polar surface area (TPSA) is 39.2 Å². The van der Waals surface area contributed by atoms with Crippen molar-refractivity contribution in [2.24, 2.45) is 0 Å². The number of fused-ring (bicyclic) bond motifs is 1. The zero-order valence-electron chi connectivity index (χ0n) is 8.03. The Bertz CT molecular complexity index is 520. The van der Waals surface area contributed by atoms with Crippen molar-refractivity contribution >= 4 is 32.8 Å². The van der Waals surface area contributed by atoms with E-state index >= 15 is 0 Å². The summed E-state index contributed by atoms with van der Waals surface area (Å²) >= 11 is 3.40. The third kappa shape index (κ3) is 1.72. The van der Waals surface area contributed by atoms with E-state index in [2.05, 4.69) is 20.9 Å². The number of hydrogen-bond donors (Lipinski definition) is 0. The molecule has 0 saturated carbocycles. The smallest absolute Gasteiger partial charge is 0.338 e. The molecule has 0 amide bonds. The predicted molar refractivity (Wildman–Crippen MR) is 60.8 cm³/mol. The first-order valence-corrected chi connectivity index (χ1v) is 5.15. The van der Waals surface area contributed by atoms with E-state index in [9.17, 15) is 4.79 Å². The number of hydrogen-bond acceptors (Lipinski definition) is 3. The van der Waals surface area contributed by atoms with Crippen LogP contribution in [-0.2, 0) is 4.74 Å². The van der Waals surface area contributed by atoms with Gasteiger partial charge in [0.25, 0.3) is 0 Å². The predicted octanol–water partition coefficient (Wildman–Crippen LogP) is 2.78. The maximum atomic E-state index is 11.5. The minimum absolute atomic E-state index is 0.352. The average molecular weight is 266 g/mol. The summed E-state index contributed by atoms with van der Waals surface area (Å²) in [6.07, 6.45) is 1.69. The summed E-state index contributed by atoms with van der Waals surface area (Å²) in [5.74, 6) is -0.352. The van der Waals surface area contributed by atoms with Crippen LogP contribution < -0.4 is 0 Å². The second kappa shape index (κ2) is 3.98. The molecule has 0 atom stereocenters. The van der Waals surface area contributed by atoms with E-state index in [0.29, 0.717) is 5.56 Å². The van der Waals surface area contributed by atoms with Crippen molar-refractivity contribution in [2.75, 3.05) is 7.11 Å². The van der Waals surface area contributed by atoms with E-state index < -0.39 is 0 Å². The number of carbonyl (C=O) groups excluding carboxylic acids is 1. The Morgan fingerprint density at radius 1 is 1.40 bits per heavy atom. The van der Waals surface area contributed by atoms with Gasteiger partial charge in [0, 0.05) is 16.1 Å². The molecule has 3 nitrogen and oxygen atoms in total. The van der Waals surface area contributed by atoms with Gasteiger partial charge in [-0.3, -0.25) is 4.98 Å². The molecule has 1 heterocycles. The van der Waals surface area contributed by atoms with Crippen LogP contribution in [0.2, 0.25) is 0 Å². The maximum Gasteiger partial charge on any atom is 0.338 e. The van der Waals surface area contributed by atoms with Gasteiger partial charge in [0.05, 0.1) is 18.2 Å². The zero-order valence-corrected chi connectivity index (χ0v) is 9.61. The Morgan fingerprint density at radius 2 is 2.20 bits per heavy atom. The van der Waals surface area contributed by atoms with E-state index in [1.165, 1.54) is 7.11 Å². The van der Waals surface area contributed by atoms with Gasteiger partial charge in [-0.05, 0) is 18.2 Å². The first-order valence-electron chi connectivity index (χ1n) is 4.35. The first-order chi connectivity index (χ1) is 7.24. The molecule has 0 fully saturated rings. The van der Waals surface area contributed by atoms with Crippen LogP contribution >= 0.6 is 15.9 Å². The van der Waals surface area contributed by atoms with Crippen LogP contribution in [0.1, 0.15) is 10.4 Å². The highest BCUT2D eigenvalue weighted by atomic mass is 79.9. The zero-order chi connectivity index (χ0) is 10.8. The summed E-state index contributed by atoms with van der Waals surface area (Å²) in [6.45, 7) is 0. The van der Waals surface area contributed by atoms with Crippen LogP contribution in [0.15, 0.2) is 34.9 Å². The molecule has 0 radical (unpaired) electrons. The van der Waals surface area contributed by atoms with Gasteiger partial charge in [-0.15, -0.1) is 0 Å². The van der Waals surface area contributed by atoms with Crippen molar-refractivity contribution in [3.05, 3.63) is 40.5 Å². The summed E-state index contributed by atoms with van der Waals surface area (Å²) in [4.78, 5) is 15.7. The average Bonchev–Trinajstić information content (AvgIpc) is 2.28. The van der Waals surface area contributed by atoms with E-state index in [-0.39, 0.29) is 5.97 Å². The summed E-state index contributed by atoms with van der Waals surface area (Å²) < 4.78 is 5.55. The third-order valence-electron chi connectivity index (χ3n) is 2.12. The van der Waals surface area contributed by atoms with Gasteiger partial charge in [-0.2, -0.15) is 0 Å². The Kier molecular flexibility index (Phi) is 2.68. The number of ether oxygens (including phenoxy) is 1. The summed E-state index contributed by atoms with van der Waals surface area (Å²) in [6, 6.07) is 7.16. The third-order valence-corrected chi connectivity index (χ3v) is 2.78. The standard InChI is InChI=1S/C11H8BrNO2/c1-15-11(14)7-3-2-4-9-10(7)8(12)5-6-13-9/h2-6H,1H3. The van der Waals surface area contributed by atoms with Crippen LogP contribution in [0.4, 0.5) is 0 Å². The maximum absolute atomic E-state index is 11.5. The van der Waals surface area contributed by atoms with Crippen LogP contribution in [0, 0.1) is 0 Å². The second-order valence-electron chi connectivity index (χ2n) is 2.98. The number of esters is 1. The van der Waals surface area contributed by atoms with Crippen molar-refractivity contribution < 1.29 is 9.53 Å². The van der Waals surface area contributed by atoms with E-state index in [4.69, 9.17) is 4.74 Å². The SMILES string of the molecule is COC(=O)c1cccc2nccc(Br)c12. The second-order valence-corrected chi connectivity index (χ2v) is 3.84. The lowest BCUT2D eigenvalue weighted by molar-refractivity contribution is 0.0603. The van der Waals surface area contributed by atoms with Crippen molar-refractivity contribution in [3.63, 3.8) is 0 Å². The molecule has 15 heavy (non-hydrogen) atoms. The molecule has 0 N–H and O–H groups in total. The fourth-order valence-electron chi connectivity index (χ4n) is 1.45. The molecule has 4 heteroatoms. The van der Waals surface area contributed by atoms with Gasteiger partial charge < -0.3 is 4.74 Å². The highest BCUT2D eigenvalue weighted by Gasteiger charge is 2.12. The van der Waals surface area contributed by atoms with E-state index in [0.717, 1.165) is 15.4 Å². The minimum Gasteiger partial charge on any atom is -0.465 e. The molecule has 76 valence electrons. The molecule has 0 aliphatic carbocycles. The number of nitrogens with zero attached hydrogens (tertiary/aromatic N) is 1. The van der Waals surface area contributed by atoms with E-state index in [1.54, 1.807) is 24.4 Å². The van der Waals surface area contributed by atoms with Crippen LogP contribution in [0.25, 0.3) is 10.9 Å². The summed E-state index contributed by atoms with van der Waals surface area (Å²) in [7, 11) is 1.37. The number of carbonyl (C=O) groups is 1. The highest BCUT2D eigenvalue weighted by Crippen LogP contribution is 2.25. The molecule has 0 aliphatic rings. The van der Waals surface area contributed by atoms with Crippen molar-refractivity contribution in [2.45, 2.75) is 0 Å². The molecule has 0 unspecified atom stereocenters. The lowest BCUT2D eigenvalue weighted by Gasteiger charge is -2.05. The largest absolute Gasteiger partial charge is 0.465 e. The van der Waals surface area contributed by atoms with Crippen LogP contribution in [-0.4, -0.2) is 18.1 Å². The Labute approximate surface area is 95.2 Å². The molecule has 0 spiro atoms. The minimum atomic E-state index is -0.352. The Hall–Kier alpha value is -1.42. The normalized spacial score (nSPS) is 10.3. The Morgan fingerprint density at radius 3 is 2.93 bits per heavy atom. The molecule has 0 aliphatic heterocycles. The van der Waals surface area contributed by atoms with Gasteiger partial charge in [0.1, 0.15) is 0 Å². The van der Waals surface area contributed by atoms with Gasteiger partial charge >= 0.3 is 5.97 Å². The lowest BCUT2D eigenvalue weighted by Crippen LogP contribution is -2.02. The number of rotatable bonds is 1. The number of aromatic nitrogens is 1. The van der Waals surface area contributed by atoms with Crippen molar-refractivity contribution in [1.82, 2.24) is 4.98 Å². The van der Waals surface area contributed by atoms with Gasteiger partial charge in [0.15, 0.2) is 0 Å². The van der Waals surface area contributed by atoms with Gasteiger partial charge in [-0.25, -0.2) is 4.79 Å². The van der Waals surface area contributed by atoms with Crippen LogP contribution in [0.3, 0.4) is 0 Å². The molecule has 0 saturated heterocycles. The van der Waals surface area contributed by atoms with Gasteiger partial charge in [-0.1, -0.05) is 22.0 Å². The first kappa shape index (κ1) is 10.1.